The van der Waals surface area contributed by atoms with Crippen molar-refractivity contribution < 1.29 is 9.59 Å². The molecule has 2 aliphatic carbocycles. The highest BCUT2D eigenvalue weighted by atomic mass is 16.2. The molecule has 0 radical (unpaired) electrons. The summed E-state index contributed by atoms with van der Waals surface area (Å²) in [4.78, 5) is 26.3. The Kier molecular flexibility index (Phi) is 4.11. The first-order valence-electron chi connectivity index (χ1n) is 8.29. The van der Waals surface area contributed by atoms with E-state index < -0.39 is 0 Å². The largest absolute Gasteiger partial charge is 0.302 e. The second-order valence-corrected chi connectivity index (χ2v) is 6.83. The molecule has 0 aromatic heterocycles. The van der Waals surface area contributed by atoms with Crippen LogP contribution in [-0.2, 0) is 9.59 Å². The maximum atomic E-state index is 12.5. The molecule has 2 saturated carbocycles. The van der Waals surface area contributed by atoms with E-state index in [-0.39, 0.29) is 23.9 Å². The number of hydrogen-bond donors (Lipinski definition) is 1. The van der Waals surface area contributed by atoms with Gasteiger partial charge in [-0.25, -0.2) is 0 Å². The van der Waals surface area contributed by atoms with E-state index in [0.717, 1.165) is 32.1 Å². The SMILES string of the molecule is CC1CCCCC1NC1CC(=O)N(C2CCCC2)C1=O. The lowest BCUT2D eigenvalue weighted by Crippen LogP contribution is -2.48. The normalized spacial score (nSPS) is 36.0. The van der Waals surface area contributed by atoms with Crippen LogP contribution < -0.4 is 5.32 Å². The highest BCUT2D eigenvalue weighted by Crippen LogP contribution is 2.30. The van der Waals surface area contributed by atoms with Gasteiger partial charge in [-0.3, -0.25) is 14.5 Å². The molecule has 0 aromatic carbocycles. The van der Waals surface area contributed by atoms with Gasteiger partial charge in [0.2, 0.25) is 11.8 Å². The van der Waals surface area contributed by atoms with Crippen molar-refractivity contribution >= 4 is 11.8 Å². The van der Waals surface area contributed by atoms with Crippen LogP contribution in [0.4, 0.5) is 0 Å². The predicted molar refractivity (Wildman–Crippen MR) is 77.1 cm³/mol. The quantitative estimate of drug-likeness (QED) is 0.805. The Morgan fingerprint density at radius 2 is 1.65 bits per heavy atom. The Hall–Kier alpha value is -0.900. The summed E-state index contributed by atoms with van der Waals surface area (Å²) in [6, 6.07) is 0.341. The first-order chi connectivity index (χ1) is 9.66. The van der Waals surface area contributed by atoms with E-state index in [2.05, 4.69) is 12.2 Å². The van der Waals surface area contributed by atoms with Crippen molar-refractivity contribution in [1.29, 1.82) is 0 Å². The van der Waals surface area contributed by atoms with Gasteiger partial charge in [-0.05, 0) is 31.6 Å². The zero-order chi connectivity index (χ0) is 14.1. The molecule has 4 heteroatoms. The van der Waals surface area contributed by atoms with E-state index in [9.17, 15) is 9.59 Å². The summed E-state index contributed by atoms with van der Waals surface area (Å²) in [5.74, 6) is 0.703. The molecule has 3 aliphatic rings. The van der Waals surface area contributed by atoms with Gasteiger partial charge in [0.1, 0.15) is 0 Å². The molecule has 1 heterocycles. The van der Waals surface area contributed by atoms with Gasteiger partial charge in [-0.2, -0.15) is 0 Å². The van der Waals surface area contributed by atoms with Crippen molar-refractivity contribution in [3.8, 4) is 0 Å². The molecule has 3 atom stereocenters. The van der Waals surface area contributed by atoms with Gasteiger partial charge in [-0.1, -0.05) is 32.6 Å². The monoisotopic (exact) mass is 278 g/mol. The zero-order valence-electron chi connectivity index (χ0n) is 12.4. The van der Waals surface area contributed by atoms with Gasteiger partial charge in [0.05, 0.1) is 12.5 Å². The number of amides is 2. The van der Waals surface area contributed by atoms with Crippen LogP contribution in [0.25, 0.3) is 0 Å². The standard InChI is InChI=1S/C16H26N2O2/c1-11-6-2-5-9-13(11)17-14-10-15(19)18(16(14)20)12-7-3-4-8-12/h11-14,17H,2-10H2,1H3. The number of imide groups is 1. The molecule has 0 spiro atoms. The average molecular weight is 278 g/mol. The van der Waals surface area contributed by atoms with Crippen molar-refractivity contribution in [1.82, 2.24) is 10.2 Å². The summed E-state index contributed by atoms with van der Waals surface area (Å²) in [6.45, 7) is 2.26. The second kappa shape index (κ2) is 5.84. The highest BCUT2D eigenvalue weighted by molar-refractivity contribution is 6.05. The fourth-order valence-electron chi connectivity index (χ4n) is 4.15. The van der Waals surface area contributed by atoms with E-state index in [0.29, 0.717) is 18.4 Å². The molecule has 1 aliphatic heterocycles. The summed E-state index contributed by atoms with van der Waals surface area (Å²) in [5.41, 5.74) is 0. The van der Waals surface area contributed by atoms with E-state index >= 15 is 0 Å². The molecule has 3 unspecified atom stereocenters. The number of nitrogens with one attached hydrogen (secondary N) is 1. The summed E-state index contributed by atoms with van der Waals surface area (Å²) in [6.07, 6.45) is 9.60. The third-order valence-electron chi connectivity index (χ3n) is 5.40. The van der Waals surface area contributed by atoms with E-state index in [1.807, 2.05) is 0 Å². The number of carbonyl (C=O) groups is 2. The molecule has 3 rings (SSSR count). The van der Waals surface area contributed by atoms with Crippen LogP contribution in [-0.4, -0.2) is 34.8 Å². The smallest absolute Gasteiger partial charge is 0.247 e. The highest BCUT2D eigenvalue weighted by Gasteiger charge is 2.43. The molecule has 2 amide bonds. The maximum absolute atomic E-state index is 12.5. The molecule has 112 valence electrons. The van der Waals surface area contributed by atoms with Crippen molar-refractivity contribution in [2.24, 2.45) is 5.92 Å². The van der Waals surface area contributed by atoms with E-state index in [4.69, 9.17) is 0 Å². The van der Waals surface area contributed by atoms with Crippen LogP contribution in [0.5, 0.6) is 0 Å². The fraction of sp³-hybridized carbons (Fsp3) is 0.875. The van der Waals surface area contributed by atoms with Gasteiger partial charge < -0.3 is 5.32 Å². The molecule has 1 N–H and O–H groups in total. The molecule has 1 saturated heterocycles. The lowest BCUT2D eigenvalue weighted by molar-refractivity contribution is -0.141. The summed E-state index contributed by atoms with van der Waals surface area (Å²) < 4.78 is 0. The Labute approximate surface area is 121 Å². The van der Waals surface area contributed by atoms with Crippen LogP contribution in [0, 0.1) is 5.92 Å². The number of hydrogen-bond acceptors (Lipinski definition) is 3. The first kappa shape index (κ1) is 14.1. The van der Waals surface area contributed by atoms with Gasteiger partial charge in [0.25, 0.3) is 0 Å². The Bertz CT molecular complexity index is 390. The van der Waals surface area contributed by atoms with Crippen LogP contribution in [0.2, 0.25) is 0 Å². The van der Waals surface area contributed by atoms with Crippen LogP contribution in [0.1, 0.15) is 64.7 Å². The molecule has 4 nitrogen and oxygen atoms in total. The lowest BCUT2D eigenvalue weighted by Gasteiger charge is -2.31. The number of likely N-dealkylation sites (tertiary alicyclic amines) is 1. The first-order valence-corrected chi connectivity index (χ1v) is 8.29. The van der Waals surface area contributed by atoms with Gasteiger partial charge in [0, 0.05) is 12.1 Å². The molecular formula is C16H26N2O2. The average Bonchev–Trinajstić information content (AvgIpc) is 3.02. The van der Waals surface area contributed by atoms with Gasteiger partial charge in [-0.15, -0.1) is 0 Å². The van der Waals surface area contributed by atoms with E-state index in [1.165, 1.54) is 19.3 Å². The number of rotatable bonds is 3. The fourth-order valence-corrected chi connectivity index (χ4v) is 4.15. The third-order valence-corrected chi connectivity index (χ3v) is 5.40. The van der Waals surface area contributed by atoms with Crippen LogP contribution >= 0.6 is 0 Å². The predicted octanol–water partition coefficient (Wildman–Crippen LogP) is 2.22. The van der Waals surface area contributed by atoms with Crippen molar-refractivity contribution in [3.63, 3.8) is 0 Å². The van der Waals surface area contributed by atoms with Crippen molar-refractivity contribution in [2.45, 2.75) is 82.8 Å². The minimum Gasteiger partial charge on any atom is -0.302 e. The molecular weight excluding hydrogens is 252 g/mol. The van der Waals surface area contributed by atoms with E-state index in [1.54, 1.807) is 4.90 Å². The maximum Gasteiger partial charge on any atom is 0.247 e. The Morgan fingerprint density at radius 1 is 1.00 bits per heavy atom. The molecule has 0 bridgehead atoms. The van der Waals surface area contributed by atoms with Crippen molar-refractivity contribution in [3.05, 3.63) is 0 Å². The molecule has 3 fully saturated rings. The second-order valence-electron chi connectivity index (χ2n) is 6.83. The topological polar surface area (TPSA) is 49.4 Å². The molecule has 20 heavy (non-hydrogen) atoms. The Balaban J connectivity index is 1.63. The van der Waals surface area contributed by atoms with Crippen LogP contribution in [0.3, 0.4) is 0 Å². The lowest BCUT2D eigenvalue weighted by atomic mass is 9.85. The Morgan fingerprint density at radius 3 is 2.35 bits per heavy atom. The summed E-state index contributed by atoms with van der Waals surface area (Å²) >= 11 is 0. The summed E-state index contributed by atoms with van der Waals surface area (Å²) in [5, 5.41) is 3.49. The number of carbonyl (C=O) groups excluding carboxylic acids is 2. The third kappa shape index (κ3) is 2.62. The minimum atomic E-state index is -0.256. The molecule has 0 aromatic rings. The van der Waals surface area contributed by atoms with Crippen molar-refractivity contribution in [2.75, 3.05) is 0 Å². The minimum absolute atomic E-state index is 0.0414. The van der Waals surface area contributed by atoms with Crippen LogP contribution in [0.15, 0.2) is 0 Å². The summed E-state index contributed by atoms with van der Waals surface area (Å²) in [7, 11) is 0. The number of nitrogens with zero attached hydrogens (tertiary/aromatic N) is 1. The van der Waals surface area contributed by atoms with Gasteiger partial charge >= 0.3 is 0 Å². The zero-order valence-corrected chi connectivity index (χ0v) is 12.4. The van der Waals surface area contributed by atoms with Gasteiger partial charge in [0.15, 0.2) is 0 Å².